The van der Waals surface area contributed by atoms with Crippen molar-refractivity contribution in [1.29, 1.82) is 0 Å². The fourth-order valence-corrected chi connectivity index (χ4v) is 1.05. The van der Waals surface area contributed by atoms with Crippen molar-refractivity contribution < 1.29 is 13.6 Å². The molecule has 0 saturated heterocycles. The number of hydrogen-bond acceptors (Lipinski definition) is 1. The fraction of sp³-hybridized carbons (Fsp3) is 0.182. The summed E-state index contributed by atoms with van der Waals surface area (Å²) >= 11 is 0. The Labute approximate surface area is 81.1 Å². The molecule has 0 fully saturated rings. The predicted molar refractivity (Wildman–Crippen MR) is 50.2 cm³/mol. The second-order valence-electron chi connectivity index (χ2n) is 3.05. The standard InChI is InChI=1S/C11H10F2O/c1-8(2)10(14)11(12,13)9-6-4-3-5-7-9/h3-7H,1H2,2H3. The Hall–Kier alpha value is -1.51. The van der Waals surface area contributed by atoms with Crippen LogP contribution in [0.5, 0.6) is 0 Å². The number of rotatable bonds is 3. The van der Waals surface area contributed by atoms with Gasteiger partial charge in [0.25, 0.3) is 0 Å². The van der Waals surface area contributed by atoms with E-state index in [9.17, 15) is 13.6 Å². The summed E-state index contributed by atoms with van der Waals surface area (Å²) < 4.78 is 26.8. The van der Waals surface area contributed by atoms with Crippen molar-refractivity contribution in [3.8, 4) is 0 Å². The van der Waals surface area contributed by atoms with E-state index >= 15 is 0 Å². The minimum Gasteiger partial charge on any atom is -0.287 e. The first-order valence-corrected chi connectivity index (χ1v) is 4.10. The predicted octanol–water partition coefficient (Wildman–Crippen LogP) is 2.92. The lowest BCUT2D eigenvalue weighted by molar-refractivity contribution is -0.140. The highest BCUT2D eigenvalue weighted by atomic mass is 19.3. The molecule has 14 heavy (non-hydrogen) atoms. The first kappa shape index (κ1) is 10.6. The molecule has 0 radical (unpaired) electrons. The highest BCUT2D eigenvalue weighted by Gasteiger charge is 2.40. The summed E-state index contributed by atoms with van der Waals surface area (Å²) in [6, 6.07) is 7.00. The van der Waals surface area contributed by atoms with Gasteiger partial charge in [0, 0.05) is 5.56 Å². The SMILES string of the molecule is C=C(C)C(=O)C(F)(F)c1ccccc1. The highest BCUT2D eigenvalue weighted by Crippen LogP contribution is 2.30. The van der Waals surface area contributed by atoms with Crippen LogP contribution in [0.4, 0.5) is 8.78 Å². The van der Waals surface area contributed by atoms with Crippen LogP contribution in [0.1, 0.15) is 12.5 Å². The van der Waals surface area contributed by atoms with Crippen LogP contribution >= 0.6 is 0 Å². The quantitative estimate of drug-likeness (QED) is 0.679. The van der Waals surface area contributed by atoms with Gasteiger partial charge in [-0.1, -0.05) is 36.9 Å². The molecule has 0 aromatic heterocycles. The van der Waals surface area contributed by atoms with Gasteiger partial charge in [0.2, 0.25) is 5.78 Å². The molecule has 1 aromatic carbocycles. The van der Waals surface area contributed by atoms with Gasteiger partial charge in [-0.2, -0.15) is 8.78 Å². The van der Waals surface area contributed by atoms with E-state index in [1.807, 2.05) is 0 Å². The molecule has 1 nitrogen and oxygen atoms in total. The minimum absolute atomic E-state index is 0.140. The maximum atomic E-state index is 13.4. The molecule has 0 bridgehead atoms. The van der Waals surface area contributed by atoms with E-state index < -0.39 is 11.7 Å². The summed E-state index contributed by atoms with van der Waals surface area (Å²) in [5.41, 5.74) is -0.438. The molecule has 0 aliphatic heterocycles. The van der Waals surface area contributed by atoms with Crippen molar-refractivity contribution in [2.75, 3.05) is 0 Å². The number of halogens is 2. The molecule has 0 unspecified atom stereocenters. The highest BCUT2D eigenvalue weighted by molar-refractivity contribution is 6.00. The number of Topliss-reactive ketones (excluding diaryl/α,β-unsaturated/α-hetero) is 1. The number of benzene rings is 1. The van der Waals surface area contributed by atoms with Crippen LogP contribution in [0.2, 0.25) is 0 Å². The number of hydrogen-bond donors (Lipinski definition) is 0. The lowest BCUT2D eigenvalue weighted by Crippen LogP contribution is -2.26. The van der Waals surface area contributed by atoms with Crippen LogP contribution in [0.25, 0.3) is 0 Å². The van der Waals surface area contributed by atoms with Crippen LogP contribution < -0.4 is 0 Å². The van der Waals surface area contributed by atoms with Gasteiger partial charge >= 0.3 is 5.92 Å². The van der Waals surface area contributed by atoms with E-state index in [1.165, 1.54) is 31.2 Å². The fourth-order valence-electron chi connectivity index (χ4n) is 1.05. The van der Waals surface area contributed by atoms with E-state index in [2.05, 4.69) is 6.58 Å². The second kappa shape index (κ2) is 3.70. The average molecular weight is 196 g/mol. The zero-order chi connectivity index (χ0) is 10.8. The minimum atomic E-state index is -3.47. The third-order valence-corrected chi connectivity index (χ3v) is 1.81. The molecule has 0 spiro atoms. The summed E-state index contributed by atoms with van der Waals surface area (Å²) in [4.78, 5) is 11.1. The van der Waals surface area contributed by atoms with Crippen molar-refractivity contribution in [1.82, 2.24) is 0 Å². The van der Waals surface area contributed by atoms with E-state index in [1.54, 1.807) is 6.07 Å². The van der Waals surface area contributed by atoms with Crippen molar-refractivity contribution in [3.63, 3.8) is 0 Å². The zero-order valence-corrected chi connectivity index (χ0v) is 7.76. The monoisotopic (exact) mass is 196 g/mol. The normalized spacial score (nSPS) is 11.1. The van der Waals surface area contributed by atoms with E-state index in [-0.39, 0.29) is 11.1 Å². The van der Waals surface area contributed by atoms with Gasteiger partial charge in [-0.15, -0.1) is 0 Å². The topological polar surface area (TPSA) is 17.1 Å². The van der Waals surface area contributed by atoms with E-state index in [0.717, 1.165) is 0 Å². The Morgan fingerprint density at radius 2 is 1.79 bits per heavy atom. The lowest BCUT2D eigenvalue weighted by atomic mass is 10.0. The van der Waals surface area contributed by atoms with Gasteiger partial charge in [0.15, 0.2) is 0 Å². The number of alkyl halides is 2. The molecule has 0 aliphatic rings. The zero-order valence-electron chi connectivity index (χ0n) is 7.76. The molecule has 0 heterocycles. The summed E-state index contributed by atoms with van der Waals surface area (Å²) in [6.45, 7) is 4.49. The molecular weight excluding hydrogens is 186 g/mol. The average Bonchev–Trinajstić information content (AvgIpc) is 2.18. The number of carbonyl (C=O) groups excluding carboxylic acids is 1. The smallest absolute Gasteiger partial charge is 0.287 e. The van der Waals surface area contributed by atoms with Gasteiger partial charge < -0.3 is 0 Å². The molecule has 3 heteroatoms. The third kappa shape index (κ3) is 1.87. The molecule has 1 aromatic rings. The molecule has 0 aliphatic carbocycles. The molecule has 1 rings (SSSR count). The van der Waals surface area contributed by atoms with Crippen LogP contribution in [0, 0.1) is 0 Å². The molecule has 74 valence electrons. The van der Waals surface area contributed by atoms with Gasteiger partial charge in [-0.25, -0.2) is 0 Å². The van der Waals surface area contributed by atoms with E-state index in [4.69, 9.17) is 0 Å². The number of carbonyl (C=O) groups is 1. The summed E-state index contributed by atoms with van der Waals surface area (Å²) in [5.74, 6) is -4.70. The van der Waals surface area contributed by atoms with Gasteiger partial charge in [-0.05, 0) is 12.5 Å². The second-order valence-corrected chi connectivity index (χ2v) is 3.05. The van der Waals surface area contributed by atoms with Crippen LogP contribution in [0.15, 0.2) is 42.5 Å². The van der Waals surface area contributed by atoms with Crippen molar-refractivity contribution >= 4 is 5.78 Å². The Morgan fingerprint density at radius 1 is 1.29 bits per heavy atom. The van der Waals surface area contributed by atoms with Crippen LogP contribution in [0.3, 0.4) is 0 Å². The molecular formula is C11H10F2O. The maximum absolute atomic E-state index is 13.4. The number of ketones is 1. The van der Waals surface area contributed by atoms with Crippen LogP contribution in [-0.2, 0) is 10.7 Å². The van der Waals surface area contributed by atoms with Crippen molar-refractivity contribution in [2.45, 2.75) is 12.8 Å². The van der Waals surface area contributed by atoms with Gasteiger partial charge in [0.1, 0.15) is 0 Å². The molecule has 0 saturated carbocycles. The summed E-state index contributed by atoms with van der Waals surface area (Å²) in [5, 5.41) is 0. The Balaban J connectivity index is 3.08. The largest absolute Gasteiger partial charge is 0.334 e. The van der Waals surface area contributed by atoms with Gasteiger partial charge in [0.05, 0.1) is 0 Å². The first-order chi connectivity index (χ1) is 6.46. The Morgan fingerprint density at radius 3 is 2.21 bits per heavy atom. The first-order valence-electron chi connectivity index (χ1n) is 4.10. The van der Waals surface area contributed by atoms with E-state index in [0.29, 0.717) is 0 Å². The molecule has 0 atom stereocenters. The van der Waals surface area contributed by atoms with Crippen LogP contribution in [-0.4, -0.2) is 5.78 Å². The Bertz CT molecular complexity index is 355. The molecule has 0 amide bonds. The number of allylic oxidation sites excluding steroid dienone is 1. The summed E-state index contributed by atoms with van der Waals surface area (Å²) in [7, 11) is 0. The lowest BCUT2D eigenvalue weighted by Gasteiger charge is -2.14. The van der Waals surface area contributed by atoms with Crippen molar-refractivity contribution in [3.05, 3.63) is 48.0 Å². The Kier molecular flexibility index (Phi) is 2.79. The maximum Gasteiger partial charge on any atom is 0.334 e. The van der Waals surface area contributed by atoms with Crippen molar-refractivity contribution in [2.24, 2.45) is 0 Å². The molecule has 0 N–H and O–H groups in total. The summed E-state index contributed by atoms with van der Waals surface area (Å²) in [6.07, 6.45) is 0. The third-order valence-electron chi connectivity index (χ3n) is 1.81. The van der Waals surface area contributed by atoms with Gasteiger partial charge in [-0.3, -0.25) is 4.79 Å².